The minimum atomic E-state index is -3.02. The number of rotatable bonds is 4. The fraction of sp³-hybridized carbons (Fsp3) is 0.571. The van der Waals surface area contributed by atoms with Crippen LogP contribution in [0.15, 0.2) is 11.4 Å². The van der Waals surface area contributed by atoms with E-state index in [4.69, 9.17) is 5.26 Å². The first kappa shape index (κ1) is 16.0. The number of piperidine rings is 1. The molecule has 1 aliphatic heterocycles. The molecule has 0 aromatic carbocycles. The van der Waals surface area contributed by atoms with Crippen LogP contribution in [0.5, 0.6) is 0 Å². The quantitative estimate of drug-likeness (QED) is 0.848. The van der Waals surface area contributed by atoms with Gasteiger partial charge in [0.15, 0.2) is 0 Å². The summed E-state index contributed by atoms with van der Waals surface area (Å²) in [6.45, 7) is 0.660. The zero-order valence-corrected chi connectivity index (χ0v) is 13.5. The van der Waals surface area contributed by atoms with Gasteiger partial charge in [0.25, 0.3) is 5.91 Å². The third-order valence-electron chi connectivity index (χ3n) is 3.65. The van der Waals surface area contributed by atoms with Crippen molar-refractivity contribution in [2.75, 3.05) is 18.6 Å². The Morgan fingerprint density at radius 3 is 2.90 bits per heavy atom. The van der Waals surface area contributed by atoms with Crippen molar-refractivity contribution < 1.29 is 13.2 Å². The van der Waals surface area contributed by atoms with E-state index in [1.807, 2.05) is 6.07 Å². The zero-order valence-electron chi connectivity index (χ0n) is 11.9. The molecule has 0 radical (unpaired) electrons. The summed E-state index contributed by atoms with van der Waals surface area (Å²) in [6, 6.07) is 3.61. The van der Waals surface area contributed by atoms with Crippen molar-refractivity contribution in [1.82, 2.24) is 4.90 Å². The second kappa shape index (κ2) is 6.58. The Labute approximate surface area is 129 Å². The molecule has 0 spiro atoms. The number of nitrogens with zero attached hydrogens (tertiary/aromatic N) is 2. The van der Waals surface area contributed by atoms with Gasteiger partial charge in [-0.25, -0.2) is 8.42 Å². The first-order chi connectivity index (χ1) is 9.90. The predicted octanol–water partition coefficient (Wildman–Crippen LogP) is 2.05. The molecule has 0 saturated carbocycles. The van der Waals surface area contributed by atoms with Crippen LogP contribution < -0.4 is 0 Å². The SMILES string of the molecule is CS(=O)(=O)CCC1CCCCN1C(=O)c1cc(C#N)cs1. The van der Waals surface area contributed by atoms with Crippen LogP contribution in [0.4, 0.5) is 0 Å². The zero-order chi connectivity index (χ0) is 15.5. The number of carbonyl (C=O) groups excluding carboxylic acids is 1. The monoisotopic (exact) mass is 326 g/mol. The van der Waals surface area contributed by atoms with E-state index in [-0.39, 0.29) is 17.7 Å². The lowest BCUT2D eigenvalue weighted by molar-refractivity contribution is 0.0614. The lowest BCUT2D eigenvalue weighted by Gasteiger charge is -2.35. The molecule has 21 heavy (non-hydrogen) atoms. The fourth-order valence-corrected chi connectivity index (χ4v) is 4.05. The number of likely N-dealkylation sites (tertiary alicyclic amines) is 1. The molecular weight excluding hydrogens is 308 g/mol. The van der Waals surface area contributed by atoms with E-state index in [2.05, 4.69) is 0 Å². The third-order valence-corrected chi connectivity index (χ3v) is 5.54. The number of hydrogen-bond donors (Lipinski definition) is 0. The molecule has 1 aromatic heterocycles. The van der Waals surface area contributed by atoms with Gasteiger partial charge < -0.3 is 4.90 Å². The Hall–Kier alpha value is -1.39. The van der Waals surface area contributed by atoms with E-state index >= 15 is 0 Å². The van der Waals surface area contributed by atoms with E-state index in [1.54, 1.807) is 16.3 Å². The standard InChI is InChI=1S/C14H18N2O3S2/c1-21(18,19)7-5-12-4-2-3-6-16(12)14(17)13-8-11(9-15)10-20-13/h8,10,12H,2-7H2,1H3. The maximum atomic E-state index is 12.5. The maximum Gasteiger partial charge on any atom is 0.264 e. The summed E-state index contributed by atoms with van der Waals surface area (Å²) in [7, 11) is -3.02. The van der Waals surface area contributed by atoms with Gasteiger partial charge >= 0.3 is 0 Å². The number of thiophene rings is 1. The van der Waals surface area contributed by atoms with Gasteiger partial charge in [-0.1, -0.05) is 0 Å². The second-order valence-corrected chi connectivity index (χ2v) is 8.55. The highest BCUT2D eigenvalue weighted by atomic mass is 32.2. The van der Waals surface area contributed by atoms with E-state index in [1.165, 1.54) is 17.6 Å². The molecule has 2 heterocycles. The van der Waals surface area contributed by atoms with Crippen molar-refractivity contribution in [3.05, 3.63) is 21.9 Å². The van der Waals surface area contributed by atoms with Crippen LogP contribution >= 0.6 is 11.3 Å². The largest absolute Gasteiger partial charge is 0.335 e. The molecule has 7 heteroatoms. The summed E-state index contributed by atoms with van der Waals surface area (Å²) < 4.78 is 22.7. The summed E-state index contributed by atoms with van der Waals surface area (Å²) in [6.07, 6.45) is 4.52. The maximum absolute atomic E-state index is 12.5. The average Bonchev–Trinajstić information content (AvgIpc) is 2.93. The Bertz CT molecular complexity index is 658. The first-order valence-corrected chi connectivity index (χ1v) is 9.82. The van der Waals surface area contributed by atoms with Crippen molar-refractivity contribution in [2.24, 2.45) is 0 Å². The van der Waals surface area contributed by atoms with Gasteiger partial charge in [-0.2, -0.15) is 5.26 Å². The van der Waals surface area contributed by atoms with Gasteiger partial charge in [0, 0.05) is 24.2 Å². The molecule has 0 aliphatic carbocycles. The minimum absolute atomic E-state index is 0.0198. The topological polar surface area (TPSA) is 78.2 Å². The number of nitriles is 1. The molecule has 1 amide bonds. The summed E-state index contributed by atoms with van der Waals surface area (Å²) in [5.41, 5.74) is 0.494. The fourth-order valence-electron chi connectivity index (χ4n) is 2.57. The van der Waals surface area contributed by atoms with Crippen LogP contribution in [-0.2, 0) is 9.84 Å². The Morgan fingerprint density at radius 1 is 1.52 bits per heavy atom. The van der Waals surface area contributed by atoms with Crippen LogP contribution in [-0.4, -0.2) is 43.8 Å². The van der Waals surface area contributed by atoms with Gasteiger partial charge in [-0.3, -0.25) is 4.79 Å². The van der Waals surface area contributed by atoms with Crippen LogP contribution in [0.3, 0.4) is 0 Å². The highest BCUT2D eigenvalue weighted by Crippen LogP contribution is 2.24. The minimum Gasteiger partial charge on any atom is -0.335 e. The van der Waals surface area contributed by atoms with E-state index in [0.29, 0.717) is 23.4 Å². The number of sulfone groups is 1. The molecule has 1 fully saturated rings. The number of carbonyl (C=O) groups is 1. The van der Waals surface area contributed by atoms with Crippen LogP contribution in [0.25, 0.3) is 0 Å². The second-order valence-electron chi connectivity index (χ2n) is 5.38. The van der Waals surface area contributed by atoms with Crippen molar-refractivity contribution in [3.63, 3.8) is 0 Å². The molecule has 1 atom stereocenters. The molecule has 114 valence electrons. The third kappa shape index (κ3) is 4.29. The van der Waals surface area contributed by atoms with Crippen molar-refractivity contribution >= 4 is 27.1 Å². The van der Waals surface area contributed by atoms with Crippen molar-refractivity contribution in [1.29, 1.82) is 5.26 Å². The van der Waals surface area contributed by atoms with E-state index < -0.39 is 9.84 Å². The number of hydrogen-bond acceptors (Lipinski definition) is 5. The van der Waals surface area contributed by atoms with Crippen LogP contribution in [0.2, 0.25) is 0 Å². The van der Waals surface area contributed by atoms with E-state index in [9.17, 15) is 13.2 Å². The molecule has 1 aromatic rings. The Morgan fingerprint density at radius 2 is 2.29 bits per heavy atom. The van der Waals surface area contributed by atoms with Gasteiger partial charge in [0.05, 0.1) is 16.2 Å². The van der Waals surface area contributed by atoms with Gasteiger partial charge in [0.1, 0.15) is 15.9 Å². The highest BCUT2D eigenvalue weighted by molar-refractivity contribution is 7.90. The van der Waals surface area contributed by atoms with E-state index in [0.717, 1.165) is 19.3 Å². The van der Waals surface area contributed by atoms with Gasteiger partial charge in [-0.05, 0) is 31.7 Å². The summed E-state index contributed by atoms with van der Waals surface area (Å²) >= 11 is 1.27. The molecule has 5 nitrogen and oxygen atoms in total. The number of amides is 1. The summed E-state index contributed by atoms with van der Waals surface area (Å²) in [5.74, 6) is 0.0229. The summed E-state index contributed by atoms with van der Waals surface area (Å²) in [4.78, 5) is 14.9. The van der Waals surface area contributed by atoms with Gasteiger partial charge in [0.2, 0.25) is 0 Å². The smallest absolute Gasteiger partial charge is 0.264 e. The lowest BCUT2D eigenvalue weighted by Crippen LogP contribution is -2.44. The van der Waals surface area contributed by atoms with Gasteiger partial charge in [-0.15, -0.1) is 11.3 Å². The molecule has 1 saturated heterocycles. The molecule has 1 aliphatic rings. The molecule has 1 unspecified atom stereocenters. The predicted molar refractivity (Wildman–Crippen MR) is 82.0 cm³/mol. The molecular formula is C14H18N2O3S2. The lowest BCUT2D eigenvalue weighted by atomic mass is 10.00. The molecule has 2 rings (SSSR count). The molecule has 0 bridgehead atoms. The normalized spacial score (nSPS) is 19.2. The van der Waals surface area contributed by atoms with Crippen molar-refractivity contribution in [2.45, 2.75) is 31.7 Å². The Kier molecular flexibility index (Phi) is 5.01. The average molecular weight is 326 g/mol. The highest BCUT2D eigenvalue weighted by Gasteiger charge is 2.28. The Balaban J connectivity index is 2.10. The molecule has 0 N–H and O–H groups in total. The first-order valence-electron chi connectivity index (χ1n) is 6.88. The van der Waals surface area contributed by atoms with Crippen LogP contribution in [0, 0.1) is 11.3 Å². The summed E-state index contributed by atoms with van der Waals surface area (Å²) in [5, 5.41) is 10.5. The van der Waals surface area contributed by atoms with Crippen molar-refractivity contribution in [3.8, 4) is 6.07 Å². The van der Waals surface area contributed by atoms with Crippen LogP contribution in [0.1, 0.15) is 40.9 Å².